The first-order chi connectivity index (χ1) is 7.36. The molecule has 0 bridgehead atoms. The third-order valence-electron chi connectivity index (χ3n) is 1.93. The maximum atomic E-state index is 11.5. The summed E-state index contributed by atoms with van der Waals surface area (Å²) in [5.41, 5.74) is 1.03. The predicted octanol–water partition coefficient (Wildman–Crippen LogP) is -0.297. The largest absolute Gasteiger partial charge is 1.00 e. The van der Waals surface area contributed by atoms with Gasteiger partial charge in [0.15, 0.2) is 5.97 Å². The molecule has 1 saturated heterocycles. The number of hydrogen-bond acceptors (Lipinski definition) is 4. The van der Waals surface area contributed by atoms with Crippen LogP contribution >= 0.6 is 23.5 Å². The molecule has 1 heterocycles. The zero-order chi connectivity index (χ0) is 10.5. The van der Waals surface area contributed by atoms with Crippen molar-refractivity contribution in [1.29, 1.82) is 0 Å². The fraction of sp³-hybridized carbons (Fsp3) is 0.273. The normalized spacial score (nSPS) is 14.4. The molecular weight excluding hydrogens is 235 g/mol. The van der Waals surface area contributed by atoms with E-state index < -0.39 is 0 Å². The van der Waals surface area contributed by atoms with Gasteiger partial charge in [-0.25, -0.2) is 0 Å². The second-order valence-electron chi connectivity index (χ2n) is 3.05. The Morgan fingerprint density at radius 1 is 1.25 bits per heavy atom. The van der Waals surface area contributed by atoms with E-state index in [1.54, 1.807) is 23.5 Å². The molecule has 0 saturated carbocycles. The van der Waals surface area contributed by atoms with Crippen LogP contribution in [0.2, 0.25) is 0 Å². The summed E-state index contributed by atoms with van der Waals surface area (Å²) in [6.45, 7) is 0.365. The Morgan fingerprint density at radius 3 is 2.50 bits per heavy atom. The summed E-state index contributed by atoms with van der Waals surface area (Å²) >= 11 is 3.18. The SMILES string of the molecule is O=C(OCc1ccccc1)[C-]1SCCS1.[Li+]. The molecule has 1 aliphatic heterocycles. The van der Waals surface area contributed by atoms with Crippen molar-refractivity contribution in [3.05, 3.63) is 40.5 Å². The van der Waals surface area contributed by atoms with Crippen LogP contribution in [0.4, 0.5) is 0 Å². The first kappa shape index (κ1) is 13.9. The minimum absolute atomic E-state index is 0. The Bertz CT molecular complexity index is 326. The number of carbonyl (C=O) groups excluding carboxylic acids is 1. The molecule has 0 amide bonds. The van der Waals surface area contributed by atoms with Gasteiger partial charge in [-0.15, -0.1) is 0 Å². The number of esters is 1. The molecule has 0 radical (unpaired) electrons. The van der Waals surface area contributed by atoms with Gasteiger partial charge in [0.05, 0.1) is 0 Å². The minimum Gasteiger partial charge on any atom is -0.482 e. The first-order valence-electron chi connectivity index (χ1n) is 4.70. The Morgan fingerprint density at radius 2 is 1.88 bits per heavy atom. The second kappa shape index (κ2) is 7.24. The van der Waals surface area contributed by atoms with E-state index in [9.17, 15) is 4.79 Å². The average molecular weight is 246 g/mol. The van der Waals surface area contributed by atoms with E-state index in [-0.39, 0.29) is 24.8 Å². The summed E-state index contributed by atoms with van der Waals surface area (Å²) in [7, 11) is 0. The standard InChI is InChI=1S/C11H11O2S2.Li/c12-10(11-14-6-7-15-11)13-8-9-4-2-1-3-5-9;/h1-5H,6-8H2;/q-1;+1. The van der Waals surface area contributed by atoms with Gasteiger partial charge < -0.3 is 28.3 Å². The second-order valence-corrected chi connectivity index (χ2v) is 5.51. The summed E-state index contributed by atoms with van der Waals surface area (Å²) in [5, 5.41) is 0. The molecule has 1 aromatic rings. The number of thioether (sulfide) groups is 2. The monoisotopic (exact) mass is 246 g/mol. The van der Waals surface area contributed by atoms with E-state index in [1.165, 1.54) is 0 Å². The summed E-state index contributed by atoms with van der Waals surface area (Å²) in [6.07, 6.45) is 0. The first-order valence-corrected chi connectivity index (χ1v) is 6.67. The van der Waals surface area contributed by atoms with Gasteiger partial charge in [-0.3, -0.25) is 4.79 Å². The van der Waals surface area contributed by atoms with Crippen molar-refractivity contribution in [1.82, 2.24) is 0 Å². The third-order valence-corrected chi connectivity index (χ3v) is 4.57. The Hall–Kier alpha value is -0.143. The molecule has 2 nitrogen and oxygen atoms in total. The number of ether oxygens (including phenoxy) is 1. The van der Waals surface area contributed by atoms with Crippen molar-refractivity contribution in [2.45, 2.75) is 6.61 Å². The fourth-order valence-electron chi connectivity index (χ4n) is 1.21. The molecule has 1 aromatic carbocycles. The fourth-order valence-corrected chi connectivity index (χ4v) is 3.43. The molecule has 0 N–H and O–H groups in total. The summed E-state index contributed by atoms with van der Waals surface area (Å²) in [5.74, 6) is 1.85. The van der Waals surface area contributed by atoms with Gasteiger partial charge in [-0.05, 0) is 17.1 Å². The van der Waals surface area contributed by atoms with E-state index in [1.807, 2.05) is 30.3 Å². The van der Waals surface area contributed by atoms with Crippen LogP contribution in [-0.4, -0.2) is 17.5 Å². The van der Waals surface area contributed by atoms with Crippen molar-refractivity contribution in [2.24, 2.45) is 0 Å². The Labute approximate surface area is 116 Å². The smallest absolute Gasteiger partial charge is 0.482 e. The van der Waals surface area contributed by atoms with Crippen LogP contribution in [0.15, 0.2) is 30.3 Å². The molecule has 0 atom stereocenters. The molecule has 0 spiro atoms. The Balaban J connectivity index is 0.00000128. The van der Waals surface area contributed by atoms with Crippen LogP contribution in [0.3, 0.4) is 0 Å². The van der Waals surface area contributed by atoms with E-state index in [4.69, 9.17) is 4.74 Å². The maximum absolute atomic E-state index is 11.5. The maximum Gasteiger partial charge on any atom is 1.00 e. The van der Waals surface area contributed by atoms with Gasteiger partial charge in [0.1, 0.15) is 6.61 Å². The number of rotatable bonds is 3. The molecule has 2 rings (SSSR count). The molecule has 1 aliphatic rings. The zero-order valence-corrected chi connectivity index (χ0v) is 10.8. The van der Waals surface area contributed by atoms with Gasteiger partial charge in [-0.1, -0.05) is 30.3 Å². The van der Waals surface area contributed by atoms with Gasteiger partial charge in [-0.2, -0.15) is 4.58 Å². The number of benzene rings is 1. The average Bonchev–Trinajstić information content (AvgIpc) is 2.81. The van der Waals surface area contributed by atoms with Gasteiger partial charge >= 0.3 is 18.9 Å². The van der Waals surface area contributed by atoms with Crippen molar-refractivity contribution in [3.8, 4) is 0 Å². The molecule has 1 fully saturated rings. The third kappa shape index (κ3) is 4.02. The number of hydrogen-bond donors (Lipinski definition) is 0. The van der Waals surface area contributed by atoms with Crippen molar-refractivity contribution < 1.29 is 28.4 Å². The van der Waals surface area contributed by atoms with Gasteiger partial charge in [0.2, 0.25) is 0 Å². The van der Waals surface area contributed by atoms with E-state index in [2.05, 4.69) is 0 Å². The van der Waals surface area contributed by atoms with Gasteiger partial charge in [0, 0.05) is 0 Å². The van der Waals surface area contributed by atoms with Crippen LogP contribution in [0.1, 0.15) is 5.56 Å². The van der Waals surface area contributed by atoms with Gasteiger partial charge in [0.25, 0.3) is 0 Å². The van der Waals surface area contributed by atoms with Crippen LogP contribution in [0.25, 0.3) is 0 Å². The minimum atomic E-state index is -0.175. The van der Waals surface area contributed by atoms with Crippen LogP contribution in [0.5, 0.6) is 0 Å². The molecule has 5 heteroatoms. The van der Waals surface area contributed by atoms with Crippen molar-refractivity contribution >= 4 is 29.5 Å². The molecule has 0 unspecified atom stereocenters. The van der Waals surface area contributed by atoms with Crippen molar-refractivity contribution in [3.63, 3.8) is 0 Å². The Kier molecular flexibility index (Phi) is 6.29. The predicted molar refractivity (Wildman–Crippen MR) is 64.4 cm³/mol. The van der Waals surface area contributed by atoms with Crippen LogP contribution in [0, 0.1) is 4.58 Å². The number of carbonyl (C=O) groups is 1. The van der Waals surface area contributed by atoms with E-state index in [0.717, 1.165) is 21.7 Å². The molecule has 0 aliphatic carbocycles. The van der Waals surface area contributed by atoms with E-state index in [0.29, 0.717) is 6.61 Å². The molecule has 80 valence electrons. The molecule has 16 heavy (non-hydrogen) atoms. The summed E-state index contributed by atoms with van der Waals surface area (Å²) in [4.78, 5) is 11.5. The summed E-state index contributed by atoms with van der Waals surface area (Å²) in [6, 6.07) is 9.73. The molecule has 0 aromatic heterocycles. The van der Waals surface area contributed by atoms with Crippen LogP contribution < -0.4 is 18.9 Å². The van der Waals surface area contributed by atoms with Crippen LogP contribution in [-0.2, 0) is 16.1 Å². The molecular formula is C11H11LiO2S2. The zero-order valence-electron chi connectivity index (χ0n) is 9.14. The summed E-state index contributed by atoms with van der Waals surface area (Å²) < 4.78 is 5.99. The van der Waals surface area contributed by atoms with Crippen molar-refractivity contribution in [2.75, 3.05) is 11.5 Å². The van der Waals surface area contributed by atoms with E-state index >= 15 is 0 Å². The quantitative estimate of drug-likeness (QED) is 0.416. The topological polar surface area (TPSA) is 26.3 Å².